The molecule has 0 spiro atoms. The van der Waals surface area contributed by atoms with Gasteiger partial charge in [-0.25, -0.2) is 18.4 Å². The molecule has 0 bridgehead atoms. The van der Waals surface area contributed by atoms with Crippen molar-refractivity contribution in [2.75, 3.05) is 5.32 Å². The van der Waals surface area contributed by atoms with Crippen molar-refractivity contribution in [2.24, 2.45) is 0 Å². The Morgan fingerprint density at radius 2 is 1.55 bits per heavy atom. The number of para-hydroxylation sites is 1. The second kappa shape index (κ2) is 11.9. The summed E-state index contributed by atoms with van der Waals surface area (Å²) in [6.07, 6.45) is -1.17. The molecule has 2 N–H and O–H groups in total. The van der Waals surface area contributed by atoms with E-state index in [2.05, 4.69) is 15.6 Å². The highest BCUT2D eigenvalue weighted by Gasteiger charge is 2.20. The Labute approximate surface area is 239 Å². The first kappa shape index (κ1) is 28.0. The number of hydrogen-bond acceptors (Lipinski definition) is 6. The molecule has 0 fully saturated rings. The van der Waals surface area contributed by atoms with Crippen LogP contribution < -0.4 is 10.1 Å². The molecule has 1 heterocycles. The Kier molecular flexibility index (Phi) is 7.91. The normalized spacial score (nSPS) is 11.5. The monoisotopic (exact) mass is 570 g/mol. The van der Waals surface area contributed by atoms with Crippen molar-refractivity contribution < 1.29 is 33.0 Å². The highest BCUT2D eigenvalue weighted by Crippen LogP contribution is 2.34. The summed E-state index contributed by atoms with van der Waals surface area (Å²) in [5.74, 6) is -3.90. The third-order valence-corrected chi connectivity index (χ3v) is 6.38. The minimum Gasteiger partial charge on any atom is -0.478 e. The highest BCUT2D eigenvalue weighted by molar-refractivity contribution is 5.91. The average Bonchev–Trinajstić information content (AvgIpc) is 3.34. The summed E-state index contributed by atoms with van der Waals surface area (Å²) in [6.45, 7) is 3.44. The van der Waals surface area contributed by atoms with Crippen LogP contribution in [0.5, 0.6) is 11.5 Å². The minimum atomic E-state index is -1.29. The number of hydrogen-bond donors (Lipinski definition) is 2. The van der Waals surface area contributed by atoms with Crippen LogP contribution in [0.15, 0.2) is 91.0 Å². The van der Waals surface area contributed by atoms with E-state index in [0.29, 0.717) is 22.8 Å². The molecular formula is C31H24F2N4O5. The Bertz CT molecular complexity index is 1730. The maximum Gasteiger partial charge on any atom is 0.413 e. The molecule has 0 saturated heterocycles. The molecule has 0 aliphatic rings. The van der Waals surface area contributed by atoms with Crippen LogP contribution in [-0.2, 0) is 4.74 Å². The second-order valence-corrected chi connectivity index (χ2v) is 9.24. The van der Waals surface area contributed by atoms with Crippen molar-refractivity contribution in [3.8, 4) is 28.3 Å². The first-order valence-electron chi connectivity index (χ1n) is 12.8. The number of anilines is 1. The summed E-state index contributed by atoms with van der Waals surface area (Å²) >= 11 is 0. The van der Waals surface area contributed by atoms with E-state index in [4.69, 9.17) is 9.47 Å². The predicted molar refractivity (Wildman–Crippen MR) is 150 cm³/mol. The Hall–Kier alpha value is -5.58. The van der Waals surface area contributed by atoms with E-state index >= 15 is 0 Å². The molecule has 0 aliphatic carbocycles. The predicted octanol–water partition coefficient (Wildman–Crippen LogP) is 7.32. The van der Waals surface area contributed by atoms with Crippen LogP contribution in [-0.4, -0.2) is 32.2 Å². The van der Waals surface area contributed by atoms with Crippen LogP contribution in [0.4, 0.5) is 19.4 Å². The Morgan fingerprint density at radius 1 is 0.905 bits per heavy atom. The molecule has 9 nitrogen and oxygen atoms in total. The van der Waals surface area contributed by atoms with Crippen molar-refractivity contribution in [3.63, 3.8) is 0 Å². The van der Waals surface area contributed by atoms with E-state index in [1.165, 1.54) is 28.9 Å². The fourth-order valence-corrected chi connectivity index (χ4v) is 4.22. The number of rotatable bonds is 8. The van der Waals surface area contributed by atoms with Crippen LogP contribution in [0.2, 0.25) is 0 Å². The third-order valence-electron chi connectivity index (χ3n) is 6.38. The molecule has 0 aliphatic heterocycles. The van der Waals surface area contributed by atoms with Crippen LogP contribution in [0.1, 0.15) is 34.6 Å². The molecule has 0 unspecified atom stereocenters. The fourth-order valence-electron chi connectivity index (χ4n) is 4.22. The van der Waals surface area contributed by atoms with Gasteiger partial charge in [-0.05, 0) is 66.9 Å². The smallest absolute Gasteiger partial charge is 0.413 e. The Balaban J connectivity index is 1.34. The number of nitrogens with zero attached hydrogens (tertiary/aromatic N) is 3. The quantitative estimate of drug-likeness (QED) is 0.201. The molecule has 42 heavy (non-hydrogen) atoms. The van der Waals surface area contributed by atoms with Crippen molar-refractivity contribution in [1.82, 2.24) is 15.0 Å². The number of amides is 1. The van der Waals surface area contributed by atoms with Gasteiger partial charge >= 0.3 is 12.1 Å². The zero-order chi connectivity index (χ0) is 29.8. The number of halogens is 2. The van der Waals surface area contributed by atoms with Gasteiger partial charge in [-0.2, -0.15) is 4.68 Å². The zero-order valence-electron chi connectivity index (χ0n) is 22.4. The summed E-state index contributed by atoms with van der Waals surface area (Å²) in [6, 6.07) is 23.6. The van der Waals surface area contributed by atoms with E-state index in [1.807, 2.05) is 30.3 Å². The van der Waals surface area contributed by atoms with Gasteiger partial charge in [0.05, 0.1) is 5.69 Å². The molecule has 0 saturated carbocycles. The van der Waals surface area contributed by atoms with Crippen LogP contribution in [0.25, 0.3) is 16.8 Å². The molecule has 1 amide bonds. The minimum absolute atomic E-state index is 0.189. The van der Waals surface area contributed by atoms with E-state index in [9.17, 15) is 23.5 Å². The first-order chi connectivity index (χ1) is 20.2. The third kappa shape index (κ3) is 5.94. The maximum absolute atomic E-state index is 14.9. The van der Waals surface area contributed by atoms with Gasteiger partial charge in [0.2, 0.25) is 0 Å². The second-order valence-electron chi connectivity index (χ2n) is 9.24. The van der Waals surface area contributed by atoms with E-state index in [-0.39, 0.29) is 16.9 Å². The molecule has 212 valence electrons. The number of aromatic nitrogens is 3. The summed E-state index contributed by atoms with van der Waals surface area (Å²) in [5, 5.41) is 20.1. The number of carboxylic acid groups (broad SMARTS) is 1. The summed E-state index contributed by atoms with van der Waals surface area (Å²) in [5.41, 5.74) is 2.29. The molecule has 5 aromatic rings. The molecule has 1 atom stereocenters. The van der Waals surface area contributed by atoms with Crippen LogP contribution >= 0.6 is 0 Å². The summed E-state index contributed by atoms with van der Waals surface area (Å²) in [7, 11) is 0. The van der Waals surface area contributed by atoms with Gasteiger partial charge in [0.15, 0.2) is 23.2 Å². The van der Waals surface area contributed by atoms with Crippen molar-refractivity contribution >= 4 is 17.9 Å². The van der Waals surface area contributed by atoms with Crippen molar-refractivity contribution in [3.05, 3.63) is 119 Å². The van der Waals surface area contributed by atoms with Gasteiger partial charge < -0.3 is 14.6 Å². The molecule has 1 aromatic heterocycles. The number of aryl methyl sites for hydroxylation is 1. The lowest BCUT2D eigenvalue weighted by Crippen LogP contribution is -2.18. The van der Waals surface area contributed by atoms with Crippen LogP contribution in [0.3, 0.4) is 0 Å². The number of aromatic carboxylic acids is 1. The van der Waals surface area contributed by atoms with Gasteiger partial charge in [0, 0.05) is 0 Å². The van der Waals surface area contributed by atoms with E-state index in [0.717, 1.165) is 17.7 Å². The summed E-state index contributed by atoms with van der Waals surface area (Å²) in [4.78, 5) is 24.0. The van der Waals surface area contributed by atoms with Gasteiger partial charge in [0.25, 0.3) is 0 Å². The number of carbonyl (C=O) groups is 2. The lowest BCUT2D eigenvalue weighted by molar-refractivity contribution is 0.0693. The van der Waals surface area contributed by atoms with Gasteiger partial charge in [-0.3, -0.25) is 5.32 Å². The topological polar surface area (TPSA) is 116 Å². The number of carbonyl (C=O) groups excluding carboxylic acids is 1. The maximum atomic E-state index is 14.9. The fraction of sp³-hybridized carbons (Fsp3) is 0.0968. The van der Waals surface area contributed by atoms with E-state index < -0.39 is 35.6 Å². The Morgan fingerprint density at radius 3 is 2.21 bits per heavy atom. The number of benzene rings is 4. The standard InChI is InChI=1S/C31H24F2N4O5/c1-18-29(34-31(40)41-19(2)20-8-4-3-5-9-20)37(36-35-18)23-14-12-21(13-15-23)22-16-25(32)28(26(33)17-22)42-27-11-7-6-10-24(27)30(38)39/h3-17,19H,1-2H3,(H,34,40)(H,38,39)/t19-/m1/s1. The molecule has 0 radical (unpaired) electrons. The highest BCUT2D eigenvalue weighted by atomic mass is 19.1. The lowest BCUT2D eigenvalue weighted by Gasteiger charge is -2.15. The van der Waals surface area contributed by atoms with Crippen molar-refractivity contribution in [1.29, 1.82) is 0 Å². The largest absolute Gasteiger partial charge is 0.478 e. The van der Waals surface area contributed by atoms with Gasteiger partial charge in [-0.15, -0.1) is 5.10 Å². The van der Waals surface area contributed by atoms with Gasteiger partial charge in [0.1, 0.15) is 23.1 Å². The average molecular weight is 571 g/mol. The van der Waals surface area contributed by atoms with Crippen molar-refractivity contribution in [2.45, 2.75) is 20.0 Å². The number of carboxylic acids is 1. The zero-order valence-corrected chi connectivity index (χ0v) is 22.4. The SMILES string of the molecule is Cc1nnn(-c2ccc(-c3cc(F)c(Oc4ccccc4C(=O)O)c(F)c3)cc2)c1NC(=O)O[C@H](C)c1ccccc1. The van der Waals surface area contributed by atoms with Gasteiger partial charge in [-0.1, -0.05) is 59.8 Å². The number of ether oxygens (including phenoxy) is 2. The van der Waals surface area contributed by atoms with Crippen LogP contribution in [0, 0.1) is 18.6 Å². The molecular weight excluding hydrogens is 546 g/mol. The molecule has 11 heteroatoms. The lowest BCUT2D eigenvalue weighted by atomic mass is 10.0. The summed E-state index contributed by atoms with van der Waals surface area (Å²) < 4.78 is 42.1. The molecule has 4 aromatic carbocycles. The van der Waals surface area contributed by atoms with E-state index in [1.54, 1.807) is 38.1 Å². The molecule has 5 rings (SSSR count). The number of nitrogens with one attached hydrogen (secondary N) is 1. The first-order valence-corrected chi connectivity index (χ1v) is 12.8.